The molecule has 8 heterocycles. The van der Waals surface area contributed by atoms with E-state index in [0.717, 1.165) is 118 Å². The molecule has 16 rings (SSSR count). The summed E-state index contributed by atoms with van der Waals surface area (Å²) in [6.45, 7) is 11.9. The molecule has 0 aliphatic heterocycles. The van der Waals surface area contributed by atoms with Crippen LogP contribution in [0.5, 0.6) is 0 Å². The van der Waals surface area contributed by atoms with Crippen molar-refractivity contribution in [2.24, 2.45) is 0 Å². The van der Waals surface area contributed by atoms with E-state index in [1.165, 1.54) is 10.6 Å². The van der Waals surface area contributed by atoms with Gasteiger partial charge >= 0.3 is 0 Å². The van der Waals surface area contributed by atoms with E-state index in [0.29, 0.717) is 65.2 Å². The molecular weight excluding hydrogens is 1380 g/mol. The van der Waals surface area contributed by atoms with Crippen LogP contribution in [-0.4, -0.2) is 81.1 Å². The van der Waals surface area contributed by atoms with Crippen molar-refractivity contribution in [1.29, 1.82) is 0 Å². The van der Waals surface area contributed by atoms with Crippen LogP contribution in [0.25, 0.3) is 68.1 Å². The average molecular weight is 1450 g/mol. The minimum Gasteiger partial charge on any atom is -0.326 e. The highest BCUT2D eigenvalue weighted by molar-refractivity contribution is 6.33. The standard InChI is InChI=1S/2C22H20N4O.C21H17ClN4O.C21H17FN4O/c2*1-15-12-23-22-25-20(14-26(22)13-15)18-9-8-16(2)19(11-18)24-21(27)10-17-6-4-3-5-7-17;1-14-11-23-21-25-19(13-26(21)12-14)16-7-8-17(22)18(10-16)24-20(27)9-15-5-3-2-4-6-15;1-14-7-8-16(19-13-26-12-17(22)11-23-21(26)25-19)10-18(14)24-20(27)9-15-5-3-2-4-6-15/h2*3-9,11-14H,10H2,1-2H3,(H,24,27);2*2-8,10-13H,9H2,1H3,(H,24,27). The number of hydrogen-bond acceptors (Lipinski definition) is 12. The van der Waals surface area contributed by atoms with E-state index in [9.17, 15) is 23.6 Å². The highest BCUT2D eigenvalue weighted by Crippen LogP contribution is 2.32. The Morgan fingerprint density at radius 1 is 0.324 bits per heavy atom. The number of nitrogens with one attached hydrogen (secondary N) is 4. The Kier molecular flexibility index (Phi) is 22.5. The molecule has 0 unspecified atom stereocenters. The van der Waals surface area contributed by atoms with E-state index in [4.69, 9.17) is 11.6 Å². The molecule has 4 N–H and O–H groups in total. The zero-order valence-corrected chi connectivity index (χ0v) is 60.7. The summed E-state index contributed by atoms with van der Waals surface area (Å²) in [5.41, 5.74) is 19.6. The molecular formula is C86H74ClFN16O4. The monoisotopic (exact) mass is 1450 g/mol. The lowest BCUT2D eigenvalue weighted by Crippen LogP contribution is -2.15. The lowest BCUT2D eigenvalue weighted by Gasteiger charge is -2.10. The molecule has 20 nitrogen and oxygen atoms in total. The van der Waals surface area contributed by atoms with Crippen molar-refractivity contribution >= 4 is 81.1 Å². The van der Waals surface area contributed by atoms with Crippen molar-refractivity contribution in [2.75, 3.05) is 21.3 Å². The van der Waals surface area contributed by atoms with Gasteiger partial charge in [0.1, 0.15) is 0 Å². The first-order valence-corrected chi connectivity index (χ1v) is 35.1. The molecule has 4 amide bonds. The number of imidazole rings is 4. The van der Waals surface area contributed by atoms with Gasteiger partial charge in [-0.15, -0.1) is 0 Å². The second-order valence-corrected chi connectivity index (χ2v) is 26.5. The number of nitrogens with zero attached hydrogens (tertiary/aromatic N) is 12. The van der Waals surface area contributed by atoms with Gasteiger partial charge in [0, 0.05) is 107 Å². The van der Waals surface area contributed by atoms with E-state index in [1.54, 1.807) is 30.9 Å². The fourth-order valence-electron chi connectivity index (χ4n) is 11.8. The molecule has 0 aliphatic carbocycles. The Morgan fingerprint density at radius 2 is 0.583 bits per heavy atom. The molecule has 0 radical (unpaired) electrons. The van der Waals surface area contributed by atoms with Crippen molar-refractivity contribution in [3.05, 3.63) is 335 Å². The molecule has 0 atom stereocenters. The molecule has 108 heavy (non-hydrogen) atoms. The number of benzene rings is 8. The maximum absolute atomic E-state index is 13.3. The van der Waals surface area contributed by atoms with E-state index in [2.05, 4.69) is 61.1 Å². The topological polar surface area (TPSA) is 237 Å². The van der Waals surface area contributed by atoms with Gasteiger partial charge in [-0.3, -0.25) is 36.8 Å². The third-order valence-corrected chi connectivity index (χ3v) is 17.7. The zero-order valence-electron chi connectivity index (χ0n) is 60.0. The number of anilines is 4. The predicted octanol–water partition coefficient (Wildman–Crippen LogP) is 17.0. The van der Waals surface area contributed by atoms with Crippen LogP contribution in [0.1, 0.15) is 55.6 Å². The first-order valence-electron chi connectivity index (χ1n) is 34.8. The minimum atomic E-state index is -0.427. The summed E-state index contributed by atoms with van der Waals surface area (Å²) < 4.78 is 20.6. The van der Waals surface area contributed by atoms with Crippen molar-refractivity contribution in [3.63, 3.8) is 0 Å². The van der Waals surface area contributed by atoms with Crippen molar-refractivity contribution in [3.8, 4) is 45.0 Å². The number of hydrogen-bond donors (Lipinski definition) is 4. The molecule has 0 spiro atoms. The van der Waals surface area contributed by atoms with Crippen molar-refractivity contribution < 1.29 is 23.6 Å². The summed E-state index contributed by atoms with van der Waals surface area (Å²) in [4.78, 5) is 84.7. The van der Waals surface area contributed by atoms with E-state index in [1.807, 2.05) is 280 Å². The SMILES string of the molecule is Cc1ccc(-c2cn3cc(F)cnc3n2)cc1NC(=O)Cc1ccccc1.Cc1cnc2nc(-c3ccc(C)c(NC(=O)Cc4ccccc4)c3)cn2c1.Cc1cnc2nc(-c3ccc(C)c(NC(=O)Cc4ccccc4)c3)cn2c1.Cc1cnc2nc(-c3ccc(Cl)c(NC(=O)Cc4ccccc4)c3)cn2c1. The Labute approximate surface area is 627 Å². The maximum Gasteiger partial charge on any atom is 0.234 e. The van der Waals surface area contributed by atoms with Gasteiger partial charge in [0.05, 0.1) is 65.4 Å². The number of rotatable bonds is 16. The predicted molar refractivity (Wildman–Crippen MR) is 422 cm³/mol. The second kappa shape index (κ2) is 33.4. The summed E-state index contributed by atoms with van der Waals surface area (Å²) in [6.07, 6.45) is 22.6. The van der Waals surface area contributed by atoms with E-state index in [-0.39, 0.29) is 23.6 Å². The number of halogens is 2. The number of aromatic nitrogens is 12. The molecule has 0 aliphatic rings. The Hall–Kier alpha value is -13.7. The van der Waals surface area contributed by atoms with Gasteiger partial charge in [0.15, 0.2) is 5.82 Å². The van der Waals surface area contributed by atoms with Gasteiger partial charge in [0.2, 0.25) is 46.7 Å². The van der Waals surface area contributed by atoms with Crippen LogP contribution >= 0.6 is 11.6 Å². The summed E-state index contributed by atoms with van der Waals surface area (Å²) in [7, 11) is 0. The molecule has 0 saturated carbocycles. The number of carbonyl (C=O) groups excluding carboxylic acids is 4. The lowest BCUT2D eigenvalue weighted by atomic mass is 10.1. The van der Waals surface area contributed by atoms with Crippen LogP contribution in [0.3, 0.4) is 0 Å². The first-order chi connectivity index (χ1) is 52.3. The fourth-order valence-corrected chi connectivity index (χ4v) is 12.0. The van der Waals surface area contributed by atoms with Crippen molar-refractivity contribution in [2.45, 2.75) is 67.2 Å². The van der Waals surface area contributed by atoms with E-state index < -0.39 is 5.82 Å². The summed E-state index contributed by atoms with van der Waals surface area (Å²) in [5.74, 6) is 1.66. The normalized spacial score (nSPS) is 10.9. The van der Waals surface area contributed by atoms with Gasteiger partial charge in [-0.25, -0.2) is 44.3 Å². The summed E-state index contributed by atoms with van der Waals surface area (Å²) in [6, 6.07) is 61.8. The quantitative estimate of drug-likeness (QED) is 0.0707. The Morgan fingerprint density at radius 3 is 0.889 bits per heavy atom. The summed E-state index contributed by atoms with van der Waals surface area (Å²) in [5, 5.41) is 12.4. The van der Waals surface area contributed by atoms with Crippen LogP contribution < -0.4 is 21.3 Å². The minimum absolute atomic E-state index is 0.0336. The van der Waals surface area contributed by atoms with Crippen molar-refractivity contribution in [1.82, 2.24) is 57.5 Å². The Bertz CT molecular complexity index is 5200. The average Bonchev–Trinajstić information content (AvgIpc) is 1.72. The largest absolute Gasteiger partial charge is 0.326 e. The van der Waals surface area contributed by atoms with Gasteiger partial charge in [-0.2, -0.15) is 0 Å². The van der Waals surface area contributed by atoms with Gasteiger partial charge in [-0.05, 0) is 128 Å². The first kappa shape index (κ1) is 72.7. The number of carbonyl (C=O) groups is 4. The van der Waals surface area contributed by atoms with Crippen LogP contribution in [0, 0.1) is 47.4 Å². The molecule has 8 aromatic heterocycles. The number of aryl methyl sites for hydroxylation is 6. The molecule has 22 heteroatoms. The Balaban J connectivity index is 0.000000127. The molecule has 16 aromatic rings. The molecule has 0 bridgehead atoms. The van der Waals surface area contributed by atoms with E-state index >= 15 is 0 Å². The second-order valence-electron chi connectivity index (χ2n) is 26.1. The number of fused-ring (bicyclic) bond motifs is 4. The highest BCUT2D eigenvalue weighted by Gasteiger charge is 2.17. The fraction of sp³-hybridized carbons (Fsp3) is 0.116. The highest BCUT2D eigenvalue weighted by atomic mass is 35.5. The third-order valence-electron chi connectivity index (χ3n) is 17.4. The van der Waals surface area contributed by atoms with Gasteiger partial charge in [0.25, 0.3) is 0 Å². The lowest BCUT2D eigenvalue weighted by molar-refractivity contribution is -0.116. The molecule has 0 saturated heterocycles. The maximum atomic E-state index is 13.3. The number of amides is 4. The smallest absolute Gasteiger partial charge is 0.234 e. The van der Waals surface area contributed by atoms with Crippen LogP contribution in [0.15, 0.2) is 268 Å². The summed E-state index contributed by atoms with van der Waals surface area (Å²) >= 11 is 6.28. The molecule has 536 valence electrons. The molecule has 0 fully saturated rings. The van der Waals surface area contributed by atoms with Gasteiger partial charge in [-0.1, -0.05) is 175 Å². The molecule has 8 aromatic carbocycles. The van der Waals surface area contributed by atoms with Crippen LogP contribution in [0.4, 0.5) is 27.1 Å². The zero-order chi connectivity index (χ0) is 75.2. The van der Waals surface area contributed by atoms with Crippen LogP contribution in [0.2, 0.25) is 5.02 Å². The van der Waals surface area contributed by atoms with Gasteiger partial charge < -0.3 is 21.3 Å². The third kappa shape index (κ3) is 18.8. The van der Waals surface area contributed by atoms with Crippen LogP contribution in [-0.2, 0) is 44.9 Å².